The zero-order chi connectivity index (χ0) is 15.1. The Kier molecular flexibility index (Phi) is 6.05. The van der Waals surface area contributed by atoms with Gasteiger partial charge in [0.1, 0.15) is 5.75 Å². The van der Waals surface area contributed by atoms with Gasteiger partial charge in [-0.3, -0.25) is 0 Å². The molecular formula is C17H25NO3. The van der Waals surface area contributed by atoms with Crippen molar-refractivity contribution in [2.24, 2.45) is 11.8 Å². The van der Waals surface area contributed by atoms with Gasteiger partial charge in [-0.15, -0.1) is 0 Å². The molecule has 1 fully saturated rings. The number of ether oxygens (including phenoxy) is 2. The molecule has 0 aromatic heterocycles. The number of carbonyl (C=O) groups excluding carboxylic acids is 1. The highest BCUT2D eigenvalue weighted by atomic mass is 16.5. The van der Waals surface area contributed by atoms with Crippen molar-refractivity contribution in [1.29, 1.82) is 0 Å². The second-order valence-corrected chi connectivity index (χ2v) is 5.62. The van der Waals surface area contributed by atoms with Gasteiger partial charge < -0.3 is 14.8 Å². The van der Waals surface area contributed by atoms with Crippen molar-refractivity contribution in [3.63, 3.8) is 0 Å². The quantitative estimate of drug-likeness (QED) is 0.819. The molecule has 1 saturated heterocycles. The molecule has 4 nitrogen and oxygen atoms in total. The van der Waals surface area contributed by atoms with Gasteiger partial charge in [-0.05, 0) is 69.0 Å². The highest BCUT2D eigenvalue weighted by molar-refractivity contribution is 5.89. The molecule has 2 rings (SSSR count). The Labute approximate surface area is 126 Å². The number of esters is 1. The summed E-state index contributed by atoms with van der Waals surface area (Å²) in [7, 11) is 0. The van der Waals surface area contributed by atoms with E-state index in [9.17, 15) is 4.79 Å². The first-order chi connectivity index (χ1) is 10.2. The van der Waals surface area contributed by atoms with Gasteiger partial charge in [0.2, 0.25) is 0 Å². The Bertz CT molecular complexity index is 438. The summed E-state index contributed by atoms with van der Waals surface area (Å²) in [5.41, 5.74) is 0.565. The number of rotatable bonds is 6. The van der Waals surface area contributed by atoms with Gasteiger partial charge >= 0.3 is 5.97 Å². The van der Waals surface area contributed by atoms with Crippen LogP contribution in [0.5, 0.6) is 5.75 Å². The van der Waals surface area contributed by atoms with Crippen LogP contribution in [0.4, 0.5) is 0 Å². The normalized spacial score (nSPS) is 17.2. The lowest BCUT2D eigenvalue weighted by atomic mass is 9.87. The molecule has 1 aromatic carbocycles. The SMILES string of the molecule is CCOC(=O)c1ccc(OCC(C)C2CCNCC2)cc1. The molecule has 0 bridgehead atoms. The van der Waals surface area contributed by atoms with E-state index in [1.54, 1.807) is 19.1 Å². The highest BCUT2D eigenvalue weighted by Gasteiger charge is 2.20. The summed E-state index contributed by atoms with van der Waals surface area (Å²) in [4.78, 5) is 11.6. The molecule has 0 aliphatic carbocycles. The van der Waals surface area contributed by atoms with E-state index in [0.29, 0.717) is 18.1 Å². The van der Waals surface area contributed by atoms with Crippen molar-refractivity contribution in [3.8, 4) is 5.75 Å². The molecule has 0 spiro atoms. The molecule has 1 aromatic rings. The van der Waals surface area contributed by atoms with Gasteiger partial charge in [0, 0.05) is 0 Å². The molecule has 1 unspecified atom stereocenters. The topological polar surface area (TPSA) is 47.6 Å². The summed E-state index contributed by atoms with van der Waals surface area (Å²) < 4.78 is 10.8. The first-order valence-electron chi connectivity index (χ1n) is 7.81. The molecule has 0 saturated carbocycles. The van der Waals surface area contributed by atoms with Gasteiger partial charge in [0.25, 0.3) is 0 Å². The zero-order valence-corrected chi connectivity index (χ0v) is 12.9. The molecule has 1 aliphatic rings. The van der Waals surface area contributed by atoms with E-state index in [-0.39, 0.29) is 5.97 Å². The van der Waals surface area contributed by atoms with E-state index in [1.165, 1.54) is 12.8 Å². The van der Waals surface area contributed by atoms with Crippen LogP contribution in [-0.4, -0.2) is 32.3 Å². The van der Waals surface area contributed by atoms with Crippen LogP contribution in [0.3, 0.4) is 0 Å². The lowest BCUT2D eigenvalue weighted by molar-refractivity contribution is 0.0526. The molecule has 4 heteroatoms. The number of piperidine rings is 1. The molecular weight excluding hydrogens is 266 g/mol. The van der Waals surface area contributed by atoms with Crippen LogP contribution in [0.2, 0.25) is 0 Å². The standard InChI is InChI=1S/C17H25NO3/c1-3-20-17(19)15-4-6-16(7-5-15)21-12-13(2)14-8-10-18-11-9-14/h4-7,13-14,18H,3,8-12H2,1-2H3. The fraction of sp³-hybridized carbons (Fsp3) is 0.588. The van der Waals surface area contributed by atoms with E-state index in [4.69, 9.17) is 9.47 Å². The van der Waals surface area contributed by atoms with E-state index in [2.05, 4.69) is 12.2 Å². The Morgan fingerprint density at radius 1 is 1.29 bits per heavy atom. The van der Waals surface area contributed by atoms with Crippen molar-refractivity contribution < 1.29 is 14.3 Å². The van der Waals surface area contributed by atoms with E-state index >= 15 is 0 Å². The predicted molar refractivity (Wildman–Crippen MR) is 82.7 cm³/mol. The van der Waals surface area contributed by atoms with Crippen LogP contribution in [0.1, 0.15) is 37.0 Å². The van der Waals surface area contributed by atoms with Crippen LogP contribution < -0.4 is 10.1 Å². The largest absolute Gasteiger partial charge is 0.493 e. The third kappa shape index (κ3) is 4.74. The van der Waals surface area contributed by atoms with Crippen molar-refractivity contribution in [3.05, 3.63) is 29.8 Å². The van der Waals surface area contributed by atoms with Gasteiger partial charge in [0.15, 0.2) is 0 Å². The zero-order valence-electron chi connectivity index (χ0n) is 12.9. The predicted octanol–water partition coefficient (Wildman–Crippen LogP) is 2.88. The molecule has 0 radical (unpaired) electrons. The first-order valence-corrected chi connectivity index (χ1v) is 7.81. The molecule has 1 N–H and O–H groups in total. The fourth-order valence-corrected chi connectivity index (χ4v) is 2.68. The Morgan fingerprint density at radius 3 is 2.57 bits per heavy atom. The van der Waals surface area contributed by atoms with Crippen molar-refractivity contribution in [2.45, 2.75) is 26.7 Å². The van der Waals surface area contributed by atoms with Crippen LogP contribution in [0.25, 0.3) is 0 Å². The number of carbonyl (C=O) groups is 1. The summed E-state index contributed by atoms with van der Waals surface area (Å²) in [6.45, 7) is 7.40. The van der Waals surface area contributed by atoms with Gasteiger partial charge in [0.05, 0.1) is 18.8 Å². The number of benzene rings is 1. The Balaban J connectivity index is 1.81. The van der Waals surface area contributed by atoms with Gasteiger partial charge in [-0.25, -0.2) is 4.79 Å². The average molecular weight is 291 g/mol. The summed E-state index contributed by atoms with van der Waals surface area (Å²) >= 11 is 0. The number of nitrogens with one attached hydrogen (secondary N) is 1. The van der Waals surface area contributed by atoms with Crippen molar-refractivity contribution in [2.75, 3.05) is 26.3 Å². The van der Waals surface area contributed by atoms with Crippen LogP contribution in [0, 0.1) is 11.8 Å². The molecule has 0 amide bonds. The minimum absolute atomic E-state index is 0.285. The second kappa shape index (κ2) is 8.03. The van der Waals surface area contributed by atoms with Crippen LogP contribution >= 0.6 is 0 Å². The van der Waals surface area contributed by atoms with E-state index in [0.717, 1.165) is 31.4 Å². The minimum Gasteiger partial charge on any atom is -0.493 e. The van der Waals surface area contributed by atoms with E-state index < -0.39 is 0 Å². The second-order valence-electron chi connectivity index (χ2n) is 5.62. The monoisotopic (exact) mass is 291 g/mol. The summed E-state index contributed by atoms with van der Waals surface area (Å²) in [5, 5.41) is 3.39. The molecule has 21 heavy (non-hydrogen) atoms. The summed E-state index contributed by atoms with van der Waals surface area (Å²) in [6.07, 6.45) is 2.46. The Morgan fingerprint density at radius 2 is 1.95 bits per heavy atom. The van der Waals surface area contributed by atoms with Crippen LogP contribution in [-0.2, 0) is 4.74 Å². The van der Waals surface area contributed by atoms with Crippen LogP contribution in [0.15, 0.2) is 24.3 Å². The van der Waals surface area contributed by atoms with Crippen molar-refractivity contribution in [1.82, 2.24) is 5.32 Å². The maximum atomic E-state index is 11.6. The minimum atomic E-state index is -0.285. The van der Waals surface area contributed by atoms with Gasteiger partial charge in [-0.1, -0.05) is 6.92 Å². The Hall–Kier alpha value is -1.55. The molecule has 1 heterocycles. The first kappa shape index (κ1) is 15.8. The third-order valence-corrected chi connectivity index (χ3v) is 4.07. The lowest BCUT2D eigenvalue weighted by Crippen LogP contribution is -2.32. The number of hydrogen-bond donors (Lipinski definition) is 1. The summed E-state index contributed by atoms with van der Waals surface area (Å²) in [5.74, 6) is 1.82. The van der Waals surface area contributed by atoms with Crippen molar-refractivity contribution >= 4 is 5.97 Å². The molecule has 1 aliphatic heterocycles. The van der Waals surface area contributed by atoms with Gasteiger partial charge in [-0.2, -0.15) is 0 Å². The molecule has 116 valence electrons. The maximum Gasteiger partial charge on any atom is 0.338 e. The maximum absolute atomic E-state index is 11.6. The van der Waals surface area contributed by atoms with E-state index in [1.807, 2.05) is 12.1 Å². The smallest absolute Gasteiger partial charge is 0.338 e. The fourth-order valence-electron chi connectivity index (χ4n) is 2.68. The summed E-state index contributed by atoms with van der Waals surface area (Å²) in [6, 6.07) is 7.17. The highest BCUT2D eigenvalue weighted by Crippen LogP contribution is 2.23. The third-order valence-electron chi connectivity index (χ3n) is 4.07. The average Bonchev–Trinajstić information content (AvgIpc) is 2.54. The lowest BCUT2D eigenvalue weighted by Gasteiger charge is -2.28. The number of hydrogen-bond acceptors (Lipinski definition) is 4. The molecule has 1 atom stereocenters.